The molecule has 0 heteroatoms. The first-order valence-electron chi connectivity index (χ1n) is 9.41. The van der Waals surface area contributed by atoms with Gasteiger partial charge in [0.2, 0.25) is 0 Å². The summed E-state index contributed by atoms with van der Waals surface area (Å²) in [5, 5.41) is 0. The summed E-state index contributed by atoms with van der Waals surface area (Å²) >= 11 is 0. The van der Waals surface area contributed by atoms with Crippen LogP contribution in [-0.4, -0.2) is 0 Å². The Bertz CT molecular complexity index is 906. The molecule has 0 unspecified atom stereocenters. The van der Waals surface area contributed by atoms with Crippen molar-refractivity contribution in [3.05, 3.63) is 88.5 Å². The van der Waals surface area contributed by atoms with Crippen molar-refractivity contribution in [2.24, 2.45) is 0 Å². The molecule has 4 rings (SSSR count). The van der Waals surface area contributed by atoms with Gasteiger partial charge in [0.15, 0.2) is 0 Å². The van der Waals surface area contributed by atoms with E-state index in [1.165, 1.54) is 64.6 Å². The fourth-order valence-electron chi connectivity index (χ4n) is 4.38. The summed E-state index contributed by atoms with van der Waals surface area (Å²) < 4.78 is 0. The van der Waals surface area contributed by atoms with Crippen LogP contribution in [0.4, 0.5) is 0 Å². The fraction of sp³-hybridized carbons (Fsp3) is 0.280. The van der Waals surface area contributed by atoms with E-state index in [-0.39, 0.29) is 0 Å². The average Bonchev–Trinajstić information content (AvgIpc) is 2.77. The first-order valence-corrected chi connectivity index (χ1v) is 9.41. The molecule has 126 valence electrons. The van der Waals surface area contributed by atoms with E-state index in [1.807, 2.05) is 6.08 Å². The highest BCUT2D eigenvalue weighted by atomic mass is 14.3. The molecule has 0 nitrogen and oxygen atoms in total. The molecule has 2 aliphatic carbocycles. The molecule has 0 fully saturated rings. The van der Waals surface area contributed by atoms with E-state index in [0.29, 0.717) is 0 Å². The minimum absolute atomic E-state index is 0.930. The van der Waals surface area contributed by atoms with Crippen molar-refractivity contribution in [2.45, 2.75) is 46.0 Å². The van der Waals surface area contributed by atoms with Crippen molar-refractivity contribution in [3.63, 3.8) is 0 Å². The standard InChI is InChI=1S/C25H26/c1-4-7-19-10-6-11-22-24(19)21-15-13-18(3)16-23(21)25(22)20-9-5-8-17(2)12-14-20/h4,6,8,10-11,13,15-16H,1,5,7,9,12,14H2,2-3H3/b25-20-. The van der Waals surface area contributed by atoms with E-state index in [4.69, 9.17) is 0 Å². The van der Waals surface area contributed by atoms with E-state index in [9.17, 15) is 0 Å². The van der Waals surface area contributed by atoms with Gasteiger partial charge in [-0.15, -0.1) is 6.58 Å². The van der Waals surface area contributed by atoms with E-state index in [0.717, 1.165) is 6.42 Å². The third kappa shape index (κ3) is 2.80. The Morgan fingerprint density at radius 1 is 0.960 bits per heavy atom. The van der Waals surface area contributed by atoms with Crippen molar-refractivity contribution in [3.8, 4) is 11.1 Å². The molecule has 0 atom stereocenters. The quantitative estimate of drug-likeness (QED) is 0.444. The zero-order valence-corrected chi connectivity index (χ0v) is 15.4. The van der Waals surface area contributed by atoms with Crippen LogP contribution in [0.15, 0.2) is 66.3 Å². The van der Waals surface area contributed by atoms with Crippen LogP contribution in [0.1, 0.15) is 54.9 Å². The number of aryl methyl sites for hydroxylation is 1. The lowest BCUT2D eigenvalue weighted by Crippen LogP contribution is -1.92. The average molecular weight is 326 g/mol. The summed E-state index contributed by atoms with van der Waals surface area (Å²) in [7, 11) is 0. The summed E-state index contributed by atoms with van der Waals surface area (Å²) in [4.78, 5) is 0. The van der Waals surface area contributed by atoms with Gasteiger partial charge < -0.3 is 0 Å². The molecule has 0 aromatic heterocycles. The van der Waals surface area contributed by atoms with Gasteiger partial charge in [0.05, 0.1) is 0 Å². The van der Waals surface area contributed by atoms with Gasteiger partial charge in [-0.05, 0) is 79.3 Å². The topological polar surface area (TPSA) is 0 Å². The summed E-state index contributed by atoms with van der Waals surface area (Å²) in [6, 6.07) is 13.8. The van der Waals surface area contributed by atoms with Crippen LogP contribution in [0.3, 0.4) is 0 Å². The van der Waals surface area contributed by atoms with Gasteiger partial charge in [-0.25, -0.2) is 0 Å². The second-order valence-electron chi connectivity index (χ2n) is 7.45. The van der Waals surface area contributed by atoms with Crippen LogP contribution in [0.5, 0.6) is 0 Å². The normalized spacial score (nSPS) is 19.0. The maximum atomic E-state index is 3.96. The number of allylic oxidation sites excluding steroid dienone is 4. The maximum absolute atomic E-state index is 3.96. The Morgan fingerprint density at radius 3 is 2.68 bits per heavy atom. The Kier molecular flexibility index (Phi) is 4.21. The number of fused-ring (bicyclic) bond motifs is 3. The summed E-state index contributed by atoms with van der Waals surface area (Å²) in [6.45, 7) is 8.44. The van der Waals surface area contributed by atoms with Gasteiger partial charge in [0.25, 0.3) is 0 Å². The predicted octanol–water partition coefficient (Wildman–Crippen LogP) is 7.03. The number of hydrogen-bond donors (Lipinski definition) is 0. The number of hydrogen-bond acceptors (Lipinski definition) is 0. The molecular weight excluding hydrogens is 300 g/mol. The number of rotatable bonds is 2. The van der Waals surface area contributed by atoms with Gasteiger partial charge in [-0.3, -0.25) is 0 Å². The highest BCUT2D eigenvalue weighted by molar-refractivity contribution is 6.03. The minimum Gasteiger partial charge on any atom is -0.103 e. The molecule has 0 heterocycles. The van der Waals surface area contributed by atoms with Crippen molar-refractivity contribution < 1.29 is 0 Å². The van der Waals surface area contributed by atoms with Crippen LogP contribution >= 0.6 is 0 Å². The second kappa shape index (κ2) is 6.52. The third-order valence-corrected chi connectivity index (χ3v) is 5.61. The predicted molar refractivity (Wildman–Crippen MR) is 109 cm³/mol. The first kappa shape index (κ1) is 16.1. The molecule has 0 saturated carbocycles. The van der Waals surface area contributed by atoms with Gasteiger partial charge in [-0.1, -0.05) is 65.3 Å². The van der Waals surface area contributed by atoms with Crippen LogP contribution in [0, 0.1) is 6.92 Å². The van der Waals surface area contributed by atoms with Crippen LogP contribution in [-0.2, 0) is 6.42 Å². The molecule has 2 aliphatic rings. The Morgan fingerprint density at radius 2 is 1.84 bits per heavy atom. The van der Waals surface area contributed by atoms with Gasteiger partial charge in [0.1, 0.15) is 0 Å². The maximum Gasteiger partial charge on any atom is -0.00637 e. The number of benzene rings is 2. The first-order chi connectivity index (χ1) is 12.2. The molecule has 0 amide bonds. The lowest BCUT2D eigenvalue weighted by Gasteiger charge is -2.12. The molecule has 0 spiro atoms. The lowest BCUT2D eigenvalue weighted by atomic mass is 9.92. The molecule has 0 N–H and O–H groups in total. The highest BCUT2D eigenvalue weighted by Crippen LogP contribution is 2.49. The van der Waals surface area contributed by atoms with Gasteiger partial charge >= 0.3 is 0 Å². The van der Waals surface area contributed by atoms with Crippen LogP contribution < -0.4 is 0 Å². The molecule has 25 heavy (non-hydrogen) atoms. The summed E-state index contributed by atoms with van der Waals surface area (Å²) in [6.07, 6.45) is 10.1. The Labute approximate surface area is 151 Å². The minimum atomic E-state index is 0.930. The second-order valence-corrected chi connectivity index (χ2v) is 7.45. The smallest absolute Gasteiger partial charge is 0.00637 e. The lowest BCUT2D eigenvalue weighted by molar-refractivity contribution is 0.889. The molecule has 0 radical (unpaired) electrons. The molecule has 2 aromatic rings. The zero-order chi connectivity index (χ0) is 17.4. The molecule has 2 aromatic carbocycles. The summed E-state index contributed by atoms with van der Waals surface area (Å²) in [5.74, 6) is 0. The van der Waals surface area contributed by atoms with Crippen molar-refractivity contribution in [2.75, 3.05) is 0 Å². The van der Waals surface area contributed by atoms with Crippen molar-refractivity contribution in [1.29, 1.82) is 0 Å². The largest absolute Gasteiger partial charge is 0.103 e. The molecule has 0 saturated heterocycles. The highest BCUT2D eigenvalue weighted by Gasteiger charge is 2.27. The molecule has 0 bridgehead atoms. The summed E-state index contributed by atoms with van der Waals surface area (Å²) in [5.41, 5.74) is 13.2. The monoisotopic (exact) mass is 326 g/mol. The van der Waals surface area contributed by atoms with E-state index in [2.05, 4.69) is 62.9 Å². The Hall–Kier alpha value is -2.34. The van der Waals surface area contributed by atoms with Gasteiger partial charge in [0, 0.05) is 0 Å². The molecule has 0 aliphatic heterocycles. The molecular formula is C25H26. The van der Waals surface area contributed by atoms with Crippen LogP contribution in [0.2, 0.25) is 0 Å². The van der Waals surface area contributed by atoms with Crippen LogP contribution in [0.25, 0.3) is 16.7 Å². The van der Waals surface area contributed by atoms with Crippen molar-refractivity contribution in [1.82, 2.24) is 0 Å². The van der Waals surface area contributed by atoms with E-state index < -0.39 is 0 Å². The fourth-order valence-corrected chi connectivity index (χ4v) is 4.38. The van der Waals surface area contributed by atoms with E-state index >= 15 is 0 Å². The SMILES string of the molecule is C=CCc1cccc2c1-c1ccc(C)cc1/C2=C1/CCC=C(C)CC1. The van der Waals surface area contributed by atoms with Crippen molar-refractivity contribution >= 4 is 5.57 Å². The Balaban J connectivity index is 1.97. The van der Waals surface area contributed by atoms with E-state index in [1.54, 1.807) is 11.1 Å². The third-order valence-electron chi connectivity index (χ3n) is 5.61. The van der Waals surface area contributed by atoms with Gasteiger partial charge in [-0.2, -0.15) is 0 Å². The zero-order valence-electron chi connectivity index (χ0n) is 15.4.